The molecule has 108 valence electrons. The van der Waals surface area contributed by atoms with Crippen LogP contribution in [-0.2, 0) is 0 Å². The molecule has 0 saturated heterocycles. The van der Waals surface area contributed by atoms with Crippen molar-refractivity contribution in [2.45, 2.75) is 6.92 Å². The smallest absolute Gasteiger partial charge is 0.258 e. The van der Waals surface area contributed by atoms with Crippen molar-refractivity contribution in [3.63, 3.8) is 0 Å². The maximum atomic E-state index is 12.3. The molecule has 3 nitrogen and oxygen atoms in total. The number of fused-ring (bicyclic) bond motifs is 3. The molecule has 0 unspecified atom stereocenters. The quantitative estimate of drug-likeness (QED) is 0.522. The van der Waals surface area contributed by atoms with Crippen molar-refractivity contribution >= 4 is 40.1 Å². The largest absolute Gasteiger partial charge is 0.306 e. The Kier molecular flexibility index (Phi) is 2.99. The van der Waals surface area contributed by atoms with E-state index in [4.69, 9.17) is 12.2 Å². The summed E-state index contributed by atoms with van der Waals surface area (Å²) < 4.78 is 2.68. The van der Waals surface area contributed by atoms with Gasteiger partial charge in [0.15, 0.2) is 3.95 Å². The van der Waals surface area contributed by atoms with E-state index in [0.29, 0.717) is 5.39 Å². The van der Waals surface area contributed by atoms with Gasteiger partial charge in [-0.05, 0) is 36.8 Å². The molecule has 2 aromatic heterocycles. The van der Waals surface area contributed by atoms with Gasteiger partial charge >= 0.3 is 0 Å². The van der Waals surface area contributed by atoms with Gasteiger partial charge in [-0.3, -0.25) is 9.20 Å². The lowest BCUT2D eigenvalue weighted by atomic mass is 10.1. The molecule has 0 amide bonds. The molecule has 4 rings (SSSR count). The van der Waals surface area contributed by atoms with E-state index in [1.165, 1.54) is 16.9 Å². The van der Waals surface area contributed by atoms with E-state index >= 15 is 0 Å². The first-order chi connectivity index (χ1) is 10.6. The summed E-state index contributed by atoms with van der Waals surface area (Å²) in [6.07, 6.45) is 0. The maximum Gasteiger partial charge on any atom is 0.258 e. The van der Waals surface area contributed by atoms with Gasteiger partial charge < -0.3 is 4.98 Å². The lowest BCUT2D eigenvalue weighted by Gasteiger charge is -2.03. The standard InChI is InChI=1S/C17H12N2OS2/c1-10-6-8-11(9-7-10)14-15-18-16(20)12-4-2-3-5-13(12)19(15)17(21)22-14/h2-9H,1H3,(H,18,20). The fourth-order valence-electron chi connectivity index (χ4n) is 2.64. The summed E-state index contributed by atoms with van der Waals surface area (Å²) in [6.45, 7) is 2.05. The molecule has 0 aliphatic rings. The number of hydrogen-bond acceptors (Lipinski definition) is 3. The monoisotopic (exact) mass is 324 g/mol. The Hall–Kier alpha value is -2.24. The summed E-state index contributed by atoms with van der Waals surface area (Å²) in [5, 5.41) is 0.652. The first-order valence-electron chi connectivity index (χ1n) is 6.89. The van der Waals surface area contributed by atoms with Crippen LogP contribution in [0.2, 0.25) is 0 Å². The molecular weight excluding hydrogens is 312 g/mol. The van der Waals surface area contributed by atoms with Crippen molar-refractivity contribution in [3.05, 3.63) is 68.4 Å². The number of para-hydroxylation sites is 1. The summed E-state index contributed by atoms with van der Waals surface area (Å²) in [6, 6.07) is 15.8. The van der Waals surface area contributed by atoms with Crippen LogP contribution >= 0.6 is 23.6 Å². The SMILES string of the molecule is Cc1ccc(-c2sc(=S)n3c2[nH]c(=O)c2ccccc23)cc1. The molecular formula is C17H12N2OS2. The third kappa shape index (κ3) is 1.94. The molecule has 4 aromatic rings. The number of nitrogens with zero attached hydrogens (tertiary/aromatic N) is 1. The van der Waals surface area contributed by atoms with Crippen LogP contribution < -0.4 is 5.56 Å². The van der Waals surface area contributed by atoms with E-state index in [0.717, 1.165) is 25.6 Å². The number of hydrogen-bond donors (Lipinski definition) is 1. The average Bonchev–Trinajstić information content (AvgIpc) is 2.85. The van der Waals surface area contributed by atoms with E-state index in [1.54, 1.807) is 0 Å². The topological polar surface area (TPSA) is 37.3 Å². The highest BCUT2D eigenvalue weighted by atomic mass is 32.1. The summed E-state index contributed by atoms with van der Waals surface area (Å²) in [7, 11) is 0. The van der Waals surface area contributed by atoms with Crippen LogP contribution in [0.25, 0.3) is 27.0 Å². The minimum atomic E-state index is -0.0863. The molecule has 0 saturated carbocycles. The number of thiazole rings is 1. The number of nitrogens with one attached hydrogen (secondary N) is 1. The molecule has 0 aliphatic heterocycles. The molecule has 0 atom stereocenters. The van der Waals surface area contributed by atoms with Crippen LogP contribution in [0, 0.1) is 10.9 Å². The molecule has 0 spiro atoms. The molecule has 0 aliphatic carbocycles. The van der Waals surface area contributed by atoms with E-state index in [-0.39, 0.29) is 5.56 Å². The van der Waals surface area contributed by atoms with Gasteiger partial charge in [-0.2, -0.15) is 0 Å². The van der Waals surface area contributed by atoms with Gasteiger partial charge in [0.25, 0.3) is 5.56 Å². The van der Waals surface area contributed by atoms with Crippen molar-refractivity contribution in [1.82, 2.24) is 9.38 Å². The van der Waals surface area contributed by atoms with Crippen molar-refractivity contribution in [2.24, 2.45) is 0 Å². The van der Waals surface area contributed by atoms with Crippen LogP contribution in [0.15, 0.2) is 53.3 Å². The molecule has 22 heavy (non-hydrogen) atoms. The van der Waals surface area contributed by atoms with Gasteiger partial charge in [-0.1, -0.05) is 42.0 Å². The predicted octanol–water partition coefficient (Wildman–Crippen LogP) is 4.55. The zero-order chi connectivity index (χ0) is 15.3. The minimum Gasteiger partial charge on any atom is -0.306 e. The van der Waals surface area contributed by atoms with Crippen LogP contribution in [0.1, 0.15) is 5.56 Å². The Morgan fingerprint density at radius 1 is 1.09 bits per heavy atom. The van der Waals surface area contributed by atoms with Crippen molar-refractivity contribution in [2.75, 3.05) is 0 Å². The second kappa shape index (κ2) is 4.90. The van der Waals surface area contributed by atoms with Crippen molar-refractivity contribution in [3.8, 4) is 10.4 Å². The number of aromatic nitrogens is 2. The van der Waals surface area contributed by atoms with E-state index < -0.39 is 0 Å². The Morgan fingerprint density at radius 2 is 1.82 bits per heavy atom. The molecule has 0 fully saturated rings. The second-order valence-electron chi connectivity index (χ2n) is 5.22. The maximum absolute atomic E-state index is 12.3. The van der Waals surface area contributed by atoms with Gasteiger partial charge in [-0.25, -0.2) is 0 Å². The number of benzene rings is 2. The van der Waals surface area contributed by atoms with Crippen LogP contribution in [-0.4, -0.2) is 9.38 Å². The third-order valence-corrected chi connectivity index (χ3v) is 5.17. The average molecular weight is 324 g/mol. The molecule has 5 heteroatoms. The number of aryl methyl sites for hydroxylation is 1. The zero-order valence-electron chi connectivity index (χ0n) is 11.8. The van der Waals surface area contributed by atoms with Crippen molar-refractivity contribution in [1.29, 1.82) is 0 Å². The number of aromatic amines is 1. The highest BCUT2D eigenvalue weighted by molar-refractivity contribution is 7.73. The Bertz CT molecular complexity index is 1120. The van der Waals surface area contributed by atoms with Crippen molar-refractivity contribution < 1.29 is 0 Å². The molecule has 0 bridgehead atoms. The lowest BCUT2D eigenvalue weighted by molar-refractivity contribution is 1.16. The molecule has 0 radical (unpaired) electrons. The lowest BCUT2D eigenvalue weighted by Crippen LogP contribution is -2.09. The summed E-state index contributed by atoms with van der Waals surface area (Å²) >= 11 is 7.05. The normalized spacial score (nSPS) is 11.3. The molecule has 2 aromatic carbocycles. The van der Waals surface area contributed by atoms with Gasteiger partial charge in [0.05, 0.1) is 15.8 Å². The van der Waals surface area contributed by atoms with Crippen LogP contribution in [0.3, 0.4) is 0 Å². The second-order valence-corrected chi connectivity index (χ2v) is 6.86. The minimum absolute atomic E-state index is 0.0863. The van der Waals surface area contributed by atoms with Crippen LogP contribution in [0.4, 0.5) is 0 Å². The van der Waals surface area contributed by atoms with Crippen LogP contribution in [0.5, 0.6) is 0 Å². The predicted molar refractivity (Wildman–Crippen MR) is 94.4 cm³/mol. The van der Waals surface area contributed by atoms with Gasteiger partial charge in [0.1, 0.15) is 5.65 Å². The highest BCUT2D eigenvalue weighted by Gasteiger charge is 2.13. The van der Waals surface area contributed by atoms with E-state index in [9.17, 15) is 4.79 Å². The fraction of sp³-hybridized carbons (Fsp3) is 0.0588. The van der Waals surface area contributed by atoms with Gasteiger partial charge in [0, 0.05) is 0 Å². The first kappa shape index (κ1) is 13.4. The zero-order valence-corrected chi connectivity index (χ0v) is 13.4. The van der Waals surface area contributed by atoms with E-state index in [1.807, 2.05) is 28.7 Å². The number of H-pyrrole nitrogens is 1. The Morgan fingerprint density at radius 3 is 2.59 bits per heavy atom. The Labute approximate surface area is 135 Å². The van der Waals surface area contributed by atoms with E-state index in [2.05, 4.69) is 36.2 Å². The van der Waals surface area contributed by atoms with Gasteiger partial charge in [0.2, 0.25) is 0 Å². The summed E-state index contributed by atoms with van der Waals surface area (Å²) in [4.78, 5) is 16.3. The first-order valence-corrected chi connectivity index (χ1v) is 8.11. The third-order valence-electron chi connectivity index (χ3n) is 3.75. The highest BCUT2D eigenvalue weighted by Crippen LogP contribution is 2.31. The summed E-state index contributed by atoms with van der Waals surface area (Å²) in [5.41, 5.74) is 3.80. The van der Waals surface area contributed by atoms with Gasteiger partial charge in [-0.15, -0.1) is 11.3 Å². The fourth-order valence-corrected chi connectivity index (χ4v) is 4.03. The molecule has 1 N–H and O–H groups in total. The summed E-state index contributed by atoms with van der Waals surface area (Å²) in [5.74, 6) is 0. The molecule has 2 heterocycles. The Balaban J connectivity index is 2.17. The number of rotatable bonds is 1.